The molecule has 0 fully saturated rings. The highest BCUT2D eigenvalue weighted by Crippen LogP contribution is 2.20. The molecule has 1 unspecified atom stereocenters. The fourth-order valence-corrected chi connectivity index (χ4v) is 1.76. The Morgan fingerprint density at radius 3 is 2.44 bits per heavy atom. The van der Waals surface area contributed by atoms with Crippen molar-refractivity contribution in [3.05, 3.63) is 29.8 Å². The molecule has 4 nitrogen and oxygen atoms in total. The highest BCUT2D eigenvalue weighted by atomic mass is 16.5. The van der Waals surface area contributed by atoms with E-state index >= 15 is 0 Å². The van der Waals surface area contributed by atoms with Gasteiger partial charge in [0.2, 0.25) is 0 Å². The lowest BCUT2D eigenvalue weighted by molar-refractivity contribution is -0.122. The summed E-state index contributed by atoms with van der Waals surface area (Å²) in [7, 11) is 1.59. The first-order valence-electron chi connectivity index (χ1n) is 6.38. The fraction of sp³-hybridized carbons (Fsp3) is 0.500. The summed E-state index contributed by atoms with van der Waals surface area (Å²) in [5, 5.41) is 5.94. The van der Waals surface area contributed by atoms with Crippen molar-refractivity contribution < 1.29 is 9.53 Å². The van der Waals surface area contributed by atoms with Gasteiger partial charge in [-0.05, 0) is 30.7 Å². The second kappa shape index (κ2) is 7.71. The predicted octanol–water partition coefficient (Wildman–Crippen LogP) is 1.87. The topological polar surface area (TPSA) is 50.4 Å². The van der Waals surface area contributed by atoms with Crippen LogP contribution in [0, 0.1) is 0 Å². The minimum atomic E-state index is -0.127. The zero-order valence-electron chi connectivity index (χ0n) is 11.3. The van der Waals surface area contributed by atoms with Crippen LogP contribution in [-0.2, 0) is 4.79 Å². The molecule has 0 aromatic heterocycles. The van der Waals surface area contributed by atoms with Crippen molar-refractivity contribution >= 4 is 5.91 Å². The van der Waals surface area contributed by atoms with Gasteiger partial charge in [-0.25, -0.2) is 0 Å². The van der Waals surface area contributed by atoms with Crippen molar-refractivity contribution in [2.75, 3.05) is 20.2 Å². The van der Waals surface area contributed by atoms with Crippen LogP contribution in [0.5, 0.6) is 5.75 Å². The van der Waals surface area contributed by atoms with Gasteiger partial charge in [-0.3, -0.25) is 4.79 Å². The second-order valence-electron chi connectivity index (χ2n) is 4.05. The zero-order chi connectivity index (χ0) is 13.4. The molecule has 18 heavy (non-hydrogen) atoms. The van der Waals surface area contributed by atoms with Crippen LogP contribution in [0.2, 0.25) is 0 Å². The summed E-state index contributed by atoms with van der Waals surface area (Å²) in [4.78, 5) is 11.0. The van der Waals surface area contributed by atoms with Gasteiger partial charge in [0.25, 0.3) is 5.91 Å². The molecule has 0 saturated carbocycles. The van der Waals surface area contributed by atoms with Gasteiger partial charge in [0.15, 0.2) is 6.61 Å². The maximum atomic E-state index is 11.0. The van der Waals surface area contributed by atoms with Crippen molar-refractivity contribution in [3.63, 3.8) is 0 Å². The van der Waals surface area contributed by atoms with E-state index in [9.17, 15) is 4.79 Å². The van der Waals surface area contributed by atoms with E-state index in [4.69, 9.17) is 4.74 Å². The summed E-state index contributed by atoms with van der Waals surface area (Å²) in [5.74, 6) is 0.590. The number of likely N-dealkylation sites (N-methyl/N-ethyl adjacent to an activating group) is 1. The third-order valence-corrected chi connectivity index (χ3v) is 2.79. The van der Waals surface area contributed by atoms with Gasteiger partial charge in [0, 0.05) is 13.1 Å². The fourth-order valence-electron chi connectivity index (χ4n) is 1.76. The molecule has 0 saturated heterocycles. The number of benzene rings is 1. The Labute approximate surface area is 109 Å². The Kier molecular flexibility index (Phi) is 6.22. The van der Waals surface area contributed by atoms with Crippen LogP contribution < -0.4 is 15.4 Å². The second-order valence-corrected chi connectivity index (χ2v) is 4.05. The maximum absolute atomic E-state index is 11.0. The number of carbonyl (C=O) groups is 1. The van der Waals surface area contributed by atoms with E-state index in [0.717, 1.165) is 13.0 Å². The Balaban J connectivity index is 2.58. The Bertz CT molecular complexity index is 363. The van der Waals surface area contributed by atoms with E-state index in [1.165, 1.54) is 5.56 Å². The van der Waals surface area contributed by atoms with Crippen LogP contribution in [0.25, 0.3) is 0 Å². The first-order valence-corrected chi connectivity index (χ1v) is 6.38. The lowest BCUT2D eigenvalue weighted by atomic mass is 10.0. The molecule has 4 heteroatoms. The van der Waals surface area contributed by atoms with Gasteiger partial charge in [-0.15, -0.1) is 0 Å². The lowest BCUT2D eigenvalue weighted by Crippen LogP contribution is -2.24. The van der Waals surface area contributed by atoms with E-state index in [2.05, 4.69) is 24.5 Å². The molecular weight excluding hydrogens is 228 g/mol. The molecule has 0 aliphatic rings. The average Bonchev–Trinajstić information content (AvgIpc) is 2.42. The molecule has 0 bridgehead atoms. The van der Waals surface area contributed by atoms with Crippen LogP contribution in [0.1, 0.15) is 31.9 Å². The monoisotopic (exact) mass is 250 g/mol. The summed E-state index contributed by atoms with van der Waals surface area (Å²) in [5.41, 5.74) is 1.24. The normalized spacial score (nSPS) is 11.9. The molecule has 1 amide bonds. The lowest BCUT2D eigenvalue weighted by Gasteiger charge is -2.16. The number of hydrogen-bond acceptors (Lipinski definition) is 3. The third-order valence-electron chi connectivity index (χ3n) is 2.79. The van der Waals surface area contributed by atoms with Crippen molar-refractivity contribution in [1.82, 2.24) is 10.6 Å². The van der Waals surface area contributed by atoms with Gasteiger partial charge in [0.1, 0.15) is 5.75 Å². The highest BCUT2D eigenvalue weighted by molar-refractivity contribution is 5.77. The summed E-state index contributed by atoms with van der Waals surface area (Å²) >= 11 is 0. The smallest absolute Gasteiger partial charge is 0.257 e. The molecule has 2 N–H and O–H groups in total. The molecule has 0 aliphatic heterocycles. The summed E-state index contributed by atoms with van der Waals surface area (Å²) in [6, 6.07) is 8.26. The number of ether oxygens (including phenoxy) is 1. The van der Waals surface area contributed by atoms with E-state index in [0.29, 0.717) is 11.8 Å². The number of nitrogens with one attached hydrogen (secondary N) is 2. The molecule has 100 valence electrons. The van der Waals surface area contributed by atoms with Crippen LogP contribution in [0.15, 0.2) is 24.3 Å². The summed E-state index contributed by atoms with van der Waals surface area (Å²) in [6.07, 6.45) is 1.05. The highest BCUT2D eigenvalue weighted by Gasteiger charge is 2.07. The molecule has 1 aromatic carbocycles. The van der Waals surface area contributed by atoms with Crippen molar-refractivity contribution in [3.8, 4) is 5.75 Å². The minimum absolute atomic E-state index is 0.0558. The molecule has 1 rings (SSSR count). The van der Waals surface area contributed by atoms with Gasteiger partial charge >= 0.3 is 0 Å². The van der Waals surface area contributed by atoms with Crippen molar-refractivity contribution in [2.24, 2.45) is 0 Å². The maximum Gasteiger partial charge on any atom is 0.257 e. The van der Waals surface area contributed by atoms with E-state index in [1.807, 2.05) is 24.3 Å². The number of amides is 1. The molecule has 1 atom stereocenters. The SMILES string of the molecule is CCNC(CC)c1ccc(OCC(=O)NC)cc1. The number of rotatable bonds is 7. The number of hydrogen-bond donors (Lipinski definition) is 2. The van der Waals surface area contributed by atoms with Crippen molar-refractivity contribution in [2.45, 2.75) is 26.3 Å². The standard InChI is InChI=1S/C14H22N2O2/c1-4-13(16-5-2)11-6-8-12(9-7-11)18-10-14(17)15-3/h6-9,13,16H,4-5,10H2,1-3H3,(H,15,17). The Hall–Kier alpha value is -1.55. The minimum Gasteiger partial charge on any atom is -0.484 e. The van der Waals surface area contributed by atoms with E-state index in [-0.39, 0.29) is 12.5 Å². The van der Waals surface area contributed by atoms with Gasteiger partial charge < -0.3 is 15.4 Å². The summed E-state index contributed by atoms with van der Waals surface area (Å²) < 4.78 is 5.35. The Morgan fingerprint density at radius 2 is 1.94 bits per heavy atom. The van der Waals surface area contributed by atoms with Crippen LogP contribution in [0.4, 0.5) is 0 Å². The van der Waals surface area contributed by atoms with E-state index in [1.54, 1.807) is 7.05 Å². The Morgan fingerprint density at radius 1 is 1.28 bits per heavy atom. The van der Waals surface area contributed by atoms with Gasteiger partial charge in [-0.2, -0.15) is 0 Å². The molecule has 0 heterocycles. The summed E-state index contributed by atoms with van der Waals surface area (Å²) in [6.45, 7) is 5.26. The predicted molar refractivity (Wildman–Crippen MR) is 72.7 cm³/mol. The zero-order valence-corrected chi connectivity index (χ0v) is 11.3. The van der Waals surface area contributed by atoms with Crippen molar-refractivity contribution in [1.29, 1.82) is 0 Å². The molecule has 0 spiro atoms. The van der Waals surface area contributed by atoms with Gasteiger partial charge in [0.05, 0.1) is 0 Å². The van der Waals surface area contributed by atoms with E-state index < -0.39 is 0 Å². The van der Waals surface area contributed by atoms with Crippen LogP contribution in [0.3, 0.4) is 0 Å². The molecule has 0 radical (unpaired) electrons. The first-order chi connectivity index (χ1) is 8.71. The van der Waals surface area contributed by atoms with Gasteiger partial charge in [-0.1, -0.05) is 26.0 Å². The molecule has 0 aliphatic carbocycles. The quantitative estimate of drug-likeness (QED) is 0.776. The number of carbonyl (C=O) groups excluding carboxylic acids is 1. The average molecular weight is 250 g/mol. The van der Waals surface area contributed by atoms with Crippen LogP contribution >= 0.6 is 0 Å². The largest absolute Gasteiger partial charge is 0.484 e. The first kappa shape index (κ1) is 14.5. The third kappa shape index (κ3) is 4.37. The molecular formula is C14H22N2O2. The molecule has 1 aromatic rings. The van der Waals surface area contributed by atoms with Crippen LogP contribution in [-0.4, -0.2) is 26.1 Å².